The van der Waals surface area contributed by atoms with E-state index in [1.165, 1.54) is 63.8 Å². The van der Waals surface area contributed by atoms with Crippen molar-refractivity contribution in [3.05, 3.63) is 231 Å². The number of hydrogen-bond donors (Lipinski definition) is 0. The maximum Gasteiger partial charge on any atom is 0.103 e. The zero-order valence-corrected chi connectivity index (χ0v) is 36.2. The van der Waals surface area contributed by atoms with Crippen LogP contribution < -0.4 is 9.80 Å². The topological polar surface area (TPSA) is 16.3 Å². The third-order valence-corrected chi connectivity index (χ3v) is 14.7. The van der Waals surface area contributed by atoms with Gasteiger partial charge in [-0.05, 0) is 119 Å². The molecule has 13 aromatic rings. The molecule has 0 fully saturated rings. The lowest BCUT2D eigenvalue weighted by Gasteiger charge is -2.23. The van der Waals surface area contributed by atoms with Crippen LogP contribution in [0.5, 0.6) is 0 Å². The Morgan fingerprint density at radius 3 is 0.969 bits per heavy atom. The first-order valence-electron chi connectivity index (χ1n) is 21.6. The quantitative estimate of drug-likeness (QED) is 0.151. The van der Waals surface area contributed by atoms with Crippen LogP contribution in [-0.4, -0.2) is 9.13 Å². The number of anilines is 6. The fourth-order valence-corrected chi connectivity index (χ4v) is 12.0. The molecule has 0 saturated carbocycles. The van der Waals surface area contributed by atoms with Crippen molar-refractivity contribution >= 4 is 119 Å². The van der Waals surface area contributed by atoms with E-state index >= 15 is 0 Å². The Balaban J connectivity index is 1.12. The highest BCUT2D eigenvalue weighted by molar-refractivity contribution is 7.24. The summed E-state index contributed by atoms with van der Waals surface area (Å²) in [6.07, 6.45) is 0. The molecule has 0 bridgehead atoms. The predicted octanol–water partition coefficient (Wildman–Crippen LogP) is 17.2. The van der Waals surface area contributed by atoms with Crippen LogP contribution in [0.3, 0.4) is 0 Å². The number of thiophene rings is 2. The summed E-state index contributed by atoms with van der Waals surface area (Å²) in [7, 11) is 0. The molecule has 13 rings (SSSR count). The van der Waals surface area contributed by atoms with Gasteiger partial charge in [0.05, 0.1) is 31.5 Å². The molecule has 0 N–H and O–H groups in total. The van der Waals surface area contributed by atoms with Gasteiger partial charge >= 0.3 is 0 Å². The molecule has 9 aromatic carbocycles. The molecule has 302 valence electrons. The summed E-state index contributed by atoms with van der Waals surface area (Å²) in [6.45, 7) is 0. The third-order valence-electron chi connectivity index (χ3n) is 12.4. The van der Waals surface area contributed by atoms with Crippen LogP contribution in [0.25, 0.3) is 75.2 Å². The van der Waals surface area contributed by atoms with Crippen LogP contribution in [0.2, 0.25) is 0 Å². The summed E-state index contributed by atoms with van der Waals surface area (Å²) in [5.41, 5.74) is 11.6. The highest BCUT2D eigenvalue weighted by Crippen LogP contribution is 2.50. The molecule has 6 heteroatoms. The second-order valence-corrected chi connectivity index (χ2v) is 18.3. The standard InChI is InChI=1S/C58H38N4S2/c1-5-21-43(22-6-1)59(44-23-7-2-8-24-44)55-37-53-57(63-55)49-35-52-50(36-51(49)61(53)47-31-29-39-17-13-15-19-41(39)33-47)58-54(62(52)48-32-30-40-18-14-16-20-42(40)34-48)38-56(64-58)60(45-25-9-3-10-26-45)46-27-11-4-12-28-46/h1-38H. The minimum absolute atomic E-state index is 1.13. The minimum Gasteiger partial charge on any atom is -0.308 e. The van der Waals surface area contributed by atoms with Gasteiger partial charge in [0.15, 0.2) is 0 Å². The van der Waals surface area contributed by atoms with E-state index in [-0.39, 0.29) is 0 Å². The molecule has 0 atom stereocenters. The van der Waals surface area contributed by atoms with Crippen LogP contribution in [0, 0.1) is 0 Å². The number of fused-ring (bicyclic) bond motifs is 8. The maximum atomic E-state index is 2.50. The van der Waals surface area contributed by atoms with Gasteiger partial charge in [0.25, 0.3) is 0 Å². The van der Waals surface area contributed by atoms with Gasteiger partial charge in [0, 0.05) is 44.9 Å². The molecule has 0 aliphatic rings. The maximum absolute atomic E-state index is 2.50. The van der Waals surface area contributed by atoms with Crippen molar-refractivity contribution in [1.82, 2.24) is 9.13 Å². The lowest BCUT2D eigenvalue weighted by Crippen LogP contribution is -2.08. The number of para-hydroxylation sites is 4. The second-order valence-electron chi connectivity index (χ2n) is 16.2. The van der Waals surface area contributed by atoms with Crippen LogP contribution in [-0.2, 0) is 0 Å². The van der Waals surface area contributed by atoms with Crippen molar-refractivity contribution in [2.75, 3.05) is 9.80 Å². The van der Waals surface area contributed by atoms with Crippen molar-refractivity contribution in [3.8, 4) is 11.4 Å². The zero-order valence-electron chi connectivity index (χ0n) is 34.5. The summed E-state index contributed by atoms with van der Waals surface area (Å²) in [6, 6.07) is 83.7. The molecule has 0 radical (unpaired) electrons. The second kappa shape index (κ2) is 14.9. The molecule has 0 amide bonds. The fourth-order valence-electron chi connectivity index (χ4n) is 9.55. The number of nitrogens with zero attached hydrogens (tertiary/aromatic N) is 4. The highest BCUT2D eigenvalue weighted by Gasteiger charge is 2.25. The van der Waals surface area contributed by atoms with Gasteiger partial charge < -0.3 is 18.9 Å². The summed E-state index contributed by atoms with van der Waals surface area (Å²) in [5.74, 6) is 0. The normalized spacial score (nSPS) is 11.8. The van der Waals surface area contributed by atoms with Gasteiger partial charge in [-0.3, -0.25) is 0 Å². The molecular weight excluding hydrogens is 817 g/mol. The number of rotatable bonds is 8. The molecule has 0 unspecified atom stereocenters. The van der Waals surface area contributed by atoms with Gasteiger partial charge in [-0.1, -0.05) is 133 Å². The molecule has 4 heterocycles. The summed E-state index contributed by atoms with van der Waals surface area (Å²) >= 11 is 3.72. The number of benzene rings is 9. The first-order chi connectivity index (χ1) is 31.7. The van der Waals surface area contributed by atoms with E-state index in [1.807, 2.05) is 22.7 Å². The third kappa shape index (κ3) is 5.95. The van der Waals surface area contributed by atoms with E-state index < -0.39 is 0 Å². The zero-order chi connectivity index (χ0) is 42.1. The Labute approximate surface area is 378 Å². The first kappa shape index (κ1) is 36.7. The molecule has 4 aromatic heterocycles. The van der Waals surface area contributed by atoms with Crippen LogP contribution in [0.1, 0.15) is 0 Å². The van der Waals surface area contributed by atoms with Crippen LogP contribution in [0.15, 0.2) is 231 Å². The highest BCUT2D eigenvalue weighted by atomic mass is 32.1. The summed E-state index contributed by atoms with van der Waals surface area (Å²) in [5, 5.41) is 9.69. The number of aromatic nitrogens is 2. The summed E-state index contributed by atoms with van der Waals surface area (Å²) < 4.78 is 7.51. The van der Waals surface area contributed by atoms with Gasteiger partial charge in [0.2, 0.25) is 0 Å². The van der Waals surface area contributed by atoms with Crippen molar-refractivity contribution in [3.63, 3.8) is 0 Å². The predicted molar refractivity (Wildman–Crippen MR) is 275 cm³/mol. The Kier molecular flexibility index (Phi) is 8.54. The molecule has 0 aliphatic heterocycles. The monoisotopic (exact) mass is 854 g/mol. The van der Waals surface area contributed by atoms with Gasteiger partial charge in [-0.25, -0.2) is 0 Å². The lowest BCUT2D eigenvalue weighted by molar-refractivity contribution is 1.18. The Hall–Kier alpha value is -7.90. The van der Waals surface area contributed by atoms with Crippen molar-refractivity contribution in [2.45, 2.75) is 0 Å². The SMILES string of the molecule is c1ccc(N(c2ccccc2)c2cc3c(s2)c2cc4c(cc2n3-c2ccc3ccccc3c2)c2sc(N(c3ccccc3)c3ccccc3)cc2n4-c2ccc3ccccc3c2)cc1. The fraction of sp³-hybridized carbons (Fsp3) is 0. The van der Waals surface area contributed by atoms with Crippen molar-refractivity contribution < 1.29 is 0 Å². The van der Waals surface area contributed by atoms with Gasteiger partial charge in [-0.2, -0.15) is 0 Å². The molecular formula is C58H38N4S2. The first-order valence-corrected chi connectivity index (χ1v) is 23.2. The number of hydrogen-bond acceptors (Lipinski definition) is 4. The van der Waals surface area contributed by atoms with Gasteiger partial charge in [0.1, 0.15) is 10.0 Å². The van der Waals surface area contributed by atoms with E-state index in [4.69, 9.17) is 0 Å². The molecule has 0 spiro atoms. The van der Waals surface area contributed by atoms with E-state index in [0.29, 0.717) is 0 Å². The van der Waals surface area contributed by atoms with Crippen LogP contribution in [0.4, 0.5) is 32.8 Å². The average molecular weight is 855 g/mol. The van der Waals surface area contributed by atoms with Crippen molar-refractivity contribution in [2.24, 2.45) is 0 Å². The van der Waals surface area contributed by atoms with Gasteiger partial charge in [-0.15, -0.1) is 22.7 Å². The smallest absolute Gasteiger partial charge is 0.103 e. The van der Waals surface area contributed by atoms with E-state index in [0.717, 1.165) is 44.1 Å². The van der Waals surface area contributed by atoms with E-state index in [1.54, 1.807) is 0 Å². The average Bonchev–Trinajstić information content (AvgIpc) is 4.11. The molecule has 4 nitrogen and oxygen atoms in total. The molecule has 64 heavy (non-hydrogen) atoms. The lowest BCUT2D eigenvalue weighted by atomic mass is 10.1. The summed E-state index contributed by atoms with van der Waals surface area (Å²) in [4.78, 5) is 4.78. The minimum atomic E-state index is 1.13. The van der Waals surface area contributed by atoms with E-state index in [9.17, 15) is 0 Å². The Morgan fingerprint density at radius 2 is 0.609 bits per heavy atom. The Bertz CT molecular complexity index is 3510. The Morgan fingerprint density at radius 1 is 0.281 bits per heavy atom. The van der Waals surface area contributed by atoms with Crippen LogP contribution >= 0.6 is 22.7 Å². The largest absolute Gasteiger partial charge is 0.308 e. The molecule has 0 saturated heterocycles. The van der Waals surface area contributed by atoms with E-state index in [2.05, 4.69) is 249 Å². The van der Waals surface area contributed by atoms with Crippen molar-refractivity contribution in [1.29, 1.82) is 0 Å². The molecule has 0 aliphatic carbocycles.